The van der Waals surface area contributed by atoms with Crippen LogP contribution in [-0.4, -0.2) is 10.9 Å². The van der Waals surface area contributed by atoms with Crippen molar-refractivity contribution >= 4 is 44.2 Å². The normalized spacial score (nSPS) is 11.7. The maximum absolute atomic E-state index is 12.3. The fourth-order valence-electron chi connectivity index (χ4n) is 2.25. The van der Waals surface area contributed by atoms with E-state index in [4.69, 9.17) is 11.6 Å². The van der Waals surface area contributed by atoms with Crippen LogP contribution < -0.4 is 5.32 Å². The van der Waals surface area contributed by atoms with Gasteiger partial charge in [0.2, 0.25) is 0 Å². The fourth-order valence-corrected chi connectivity index (χ4v) is 3.38. The predicted molar refractivity (Wildman–Crippen MR) is 97.7 cm³/mol. The minimum absolute atomic E-state index is 0.0825. The number of carbonyl (C=O) groups excluding carboxylic acids is 1. The average molecular weight is 345 g/mol. The largest absolute Gasteiger partial charge is 0.298 e. The number of hydrogen-bond donors (Lipinski definition) is 1. The van der Waals surface area contributed by atoms with Gasteiger partial charge >= 0.3 is 0 Å². The third-order valence-corrected chi connectivity index (χ3v) is 4.86. The van der Waals surface area contributed by atoms with Gasteiger partial charge in [-0.2, -0.15) is 0 Å². The van der Waals surface area contributed by atoms with Crippen LogP contribution in [-0.2, 0) is 5.41 Å². The van der Waals surface area contributed by atoms with E-state index in [0.717, 1.165) is 10.2 Å². The number of nitrogens with one attached hydrogen (secondary N) is 1. The Bertz CT molecular complexity index is 880. The van der Waals surface area contributed by atoms with Crippen molar-refractivity contribution in [2.24, 2.45) is 0 Å². The van der Waals surface area contributed by atoms with Crippen LogP contribution in [0.5, 0.6) is 0 Å². The highest BCUT2D eigenvalue weighted by Gasteiger charge is 2.16. The van der Waals surface area contributed by atoms with Crippen molar-refractivity contribution in [3.05, 3.63) is 58.6 Å². The number of hydrogen-bond acceptors (Lipinski definition) is 3. The molecule has 0 aliphatic heterocycles. The molecule has 2 aromatic carbocycles. The van der Waals surface area contributed by atoms with Gasteiger partial charge < -0.3 is 0 Å². The minimum Gasteiger partial charge on any atom is -0.298 e. The zero-order valence-corrected chi connectivity index (χ0v) is 14.8. The first-order valence-electron chi connectivity index (χ1n) is 7.31. The van der Waals surface area contributed by atoms with Crippen molar-refractivity contribution in [3.8, 4) is 0 Å². The number of rotatable bonds is 2. The molecule has 0 atom stereocenters. The molecule has 0 unspecified atom stereocenters. The molecule has 0 saturated carbocycles. The van der Waals surface area contributed by atoms with Crippen LogP contribution in [0.4, 0.5) is 5.13 Å². The van der Waals surface area contributed by atoms with Crippen molar-refractivity contribution in [2.45, 2.75) is 26.2 Å². The van der Waals surface area contributed by atoms with E-state index in [2.05, 4.69) is 43.2 Å². The highest BCUT2D eigenvalue weighted by molar-refractivity contribution is 7.22. The third-order valence-electron chi connectivity index (χ3n) is 3.59. The molecule has 1 heterocycles. The Hall–Kier alpha value is -1.91. The Balaban J connectivity index is 1.89. The zero-order chi connectivity index (χ0) is 16.6. The van der Waals surface area contributed by atoms with Crippen LogP contribution in [0.2, 0.25) is 5.02 Å². The summed E-state index contributed by atoms with van der Waals surface area (Å²) in [6.45, 7) is 6.53. The second kappa shape index (κ2) is 5.95. The molecule has 0 bridgehead atoms. The Labute approximate surface area is 144 Å². The Morgan fingerprint density at radius 3 is 2.61 bits per heavy atom. The number of benzene rings is 2. The standard InChI is InChI=1S/C18H17ClN2OS/c1-18(2,3)11-8-9-14-15(10-11)23-17(20-14)21-16(22)12-6-4-5-7-13(12)19/h4-10H,1-3H3,(H,20,21,22). The number of nitrogens with zero attached hydrogens (tertiary/aromatic N) is 1. The molecular formula is C18H17ClN2OS. The van der Waals surface area contributed by atoms with Crippen molar-refractivity contribution in [3.63, 3.8) is 0 Å². The van der Waals surface area contributed by atoms with E-state index in [0.29, 0.717) is 15.7 Å². The molecule has 0 aliphatic rings. The molecular weight excluding hydrogens is 328 g/mol. The van der Waals surface area contributed by atoms with E-state index in [1.165, 1.54) is 16.9 Å². The van der Waals surface area contributed by atoms with Crippen molar-refractivity contribution < 1.29 is 4.79 Å². The smallest absolute Gasteiger partial charge is 0.258 e. The first kappa shape index (κ1) is 16.0. The number of amides is 1. The van der Waals surface area contributed by atoms with E-state index in [1.807, 2.05) is 6.07 Å². The molecule has 0 fully saturated rings. The number of thiazole rings is 1. The lowest BCUT2D eigenvalue weighted by Crippen LogP contribution is -2.11. The molecule has 118 valence electrons. The topological polar surface area (TPSA) is 42.0 Å². The van der Waals surface area contributed by atoms with Gasteiger partial charge in [0.05, 0.1) is 20.8 Å². The molecule has 5 heteroatoms. The van der Waals surface area contributed by atoms with Crippen LogP contribution in [0, 0.1) is 0 Å². The monoisotopic (exact) mass is 344 g/mol. The third kappa shape index (κ3) is 3.38. The maximum Gasteiger partial charge on any atom is 0.258 e. The van der Waals surface area contributed by atoms with Gasteiger partial charge in [0.25, 0.3) is 5.91 Å². The van der Waals surface area contributed by atoms with Crippen molar-refractivity contribution in [1.29, 1.82) is 0 Å². The van der Waals surface area contributed by atoms with Crippen LogP contribution in [0.1, 0.15) is 36.7 Å². The van der Waals surface area contributed by atoms with E-state index >= 15 is 0 Å². The quantitative estimate of drug-likeness (QED) is 0.667. The lowest BCUT2D eigenvalue weighted by molar-refractivity contribution is 0.102. The lowest BCUT2D eigenvalue weighted by Gasteiger charge is -2.18. The number of carbonyl (C=O) groups is 1. The van der Waals surface area contributed by atoms with Gasteiger partial charge in [-0.25, -0.2) is 4.98 Å². The first-order chi connectivity index (χ1) is 10.8. The Kier molecular flexibility index (Phi) is 4.13. The molecule has 1 N–H and O–H groups in total. The van der Waals surface area contributed by atoms with Crippen LogP contribution in [0.15, 0.2) is 42.5 Å². The molecule has 1 amide bonds. The molecule has 0 aliphatic carbocycles. The van der Waals surface area contributed by atoms with Crippen LogP contribution in [0.3, 0.4) is 0 Å². The van der Waals surface area contributed by atoms with Crippen molar-refractivity contribution in [2.75, 3.05) is 5.32 Å². The SMILES string of the molecule is CC(C)(C)c1ccc2nc(NC(=O)c3ccccc3Cl)sc2c1. The fraction of sp³-hybridized carbons (Fsp3) is 0.222. The molecule has 23 heavy (non-hydrogen) atoms. The van der Waals surface area contributed by atoms with Gasteiger partial charge in [-0.05, 0) is 35.2 Å². The summed E-state index contributed by atoms with van der Waals surface area (Å²) in [5.41, 5.74) is 2.66. The van der Waals surface area contributed by atoms with E-state index in [9.17, 15) is 4.79 Å². The summed E-state index contributed by atoms with van der Waals surface area (Å²) in [5, 5.41) is 3.84. The maximum atomic E-state index is 12.3. The zero-order valence-electron chi connectivity index (χ0n) is 13.2. The van der Waals surface area contributed by atoms with Gasteiger partial charge in [-0.3, -0.25) is 10.1 Å². The highest BCUT2D eigenvalue weighted by Crippen LogP contribution is 2.31. The van der Waals surface area contributed by atoms with Gasteiger partial charge in [0, 0.05) is 0 Å². The molecule has 1 aromatic heterocycles. The molecule has 3 rings (SSSR count). The highest BCUT2D eigenvalue weighted by atomic mass is 35.5. The first-order valence-corrected chi connectivity index (χ1v) is 8.51. The Morgan fingerprint density at radius 1 is 1.17 bits per heavy atom. The van der Waals surface area contributed by atoms with E-state index in [1.54, 1.807) is 24.3 Å². The minimum atomic E-state index is -0.245. The van der Waals surface area contributed by atoms with E-state index in [-0.39, 0.29) is 11.3 Å². The summed E-state index contributed by atoms with van der Waals surface area (Å²) in [7, 11) is 0. The molecule has 3 nitrogen and oxygen atoms in total. The number of anilines is 1. The van der Waals surface area contributed by atoms with Gasteiger partial charge in [0.1, 0.15) is 0 Å². The number of halogens is 1. The van der Waals surface area contributed by atoms with Gasteiger partial charge in [-0.1, -0.05) is 61.9 Å². The Morgan fingerprint density at radius 2 is 1.91 bits per heavy atom. The van der Waals surface area contributed by atoms with Gasteiger partial charge in [0.15, 0.2) is 5.13 Å². The molecule has 0 radical (unpaired) electrons. The lowest BCUT2D eigenvalue weighted by atomic mass is 9.87. The van der Waals surface area contributed by atoms with Crippen LogP contribution in [0.25, 0.3) is 10.2 Å². The summed E-state index contributed by atoms with van der Waals surface area (Å²) >= 11 is 7.53. The summed E-state index contributed by atoms with van der Waals surface area (Å²) in [6.07, 6.45) is 0. The average Bonchev–Trinajstić information content (AvgIpc) is 2.87. The molecule has 3 aromatic rings. The summed E-state index contributed by atoms with van der Waals surface area (Å²) in [6, 6.07) is 13.2. The summed E-state index contributed by atoms with van der Waals surface area (Å²) < 4.78 is 1.06. The number of aromatic nitrogens is 1. The number of fused-ring (bicyclic) bond motifs is 1. The van der Waals surface area contributed by atoms with Crippen LogP contribution >= 0.6 is 22.9 Å². The predicted octanol–water partition coefficient (Wildman–Crippen LogP) is 5.50. The summed E-state index contributed by atoms with van der Waals surface area (Å²) in [5.74, 6) is -0.245. The summed E-state index contributed by atoms with van der Waals surface area (Å²) in [4.78, 5) is 16.8. The second-order valence-corrected chi connectivity index (χ2v) is 7.82. The van der Waals surface area contributed by atoms with Crippen molar-refractivity contribution in [1.82, 2.24) is 4.98 Å². The van der Waals surface area contributed by atoms with Gasteiger partial charge in [-0.15, -0.1) is 0 Å². The van der Waals surface area contributed by atoms with E-state index < -0.39 is 0 Å². The second-order valence-electron chi connectivity index (χ2n) is 6.39. The molecule has 0 spiro atoms. The molecule has 0 saturated heterocycles.